The Kier molecular flexibility index (Phi) is 35900. The molecule has 0 unspecified atom stereocenters. The molecule has 0 rings (SSSR count). The zero-order chi connectivity index (χ0) is 77.4. The lowest BCUT2D eigenvalue weighted by atomic mass is 9.08. The fraction of sp³-hybridized carbons (Fsp3) is 0.826. The van der Waals surface area contributed by atoms with Crippen molar-refractivity contribution in [1.29, 1.82) is 0 Å². The maximum absolute atomic E-state index is 4.72. The lowest BCUT2D eigenvalue weighted by Gasteiger charge is -1.73. The summed E-state index contributed by atoms with van der Waals surface area (Å²) in [6.45, 7) is 111. The third kappa shape index (κ3) is 91700. The zero-order valence-corrected chi connectivity index (χ0v) is 70.2. The molecule has 0 aliphatic carbocycles. The second-order valence-corrected chi connectivity index (χ2v) is 2.62. The van der Waals surface area contributed by atoms with E-state index in [1.54, 1.807) is 13.8 Å². The Morgan fingerprint density at radius 1 is 0.206 bits per heavy atom. The molecule has 0 fully saturated rings. The predicted octanol–water partition coefficient (Wildman–Crippen LogP) is 38.4. The van der Waals surface area contributed by atoms with Crippen LogP contribution < -0.4 is 0 Å². The molecule has 0 amide bonds. The van der Waals surface area contributed by atoms with Gasteiger partial charge in [-0.25, -0.2) is 0 Å². The molecule has 0 heterocycles. The second kappa shape index (κ2) is 7470. The zero-order valence-electron chi connectivity index (χ0n) is 70.2. The molecular formula is C92H254B10. The summed E-state index contributed by atoms with van der Waals surface area (Å²) < 4.78 is 0. The number of hydrogen-bond acceptors (Lipinski definition) is 0. The number of hydrogen-bond donors (Lipinski definition) is 0. The highest BCUT2D eigenvalue weighted by molar-refractivity contribution is 7.49. The van der Waals surface area contributed by atoms with Crippen molar-refractivity contribution in [2.24, 2.45) is 0 Å². The molecule has 0 aromatic heterocycles. The lowest BCUT2D eigenvalue weighted by Crippen LogP contribution is -2.11. The molecule has 18 radical (unpaired) electrons. The topological polar surface area (TPSA) is 0 Å². The van der Waals surface area contributed by atoms with Gasteiger partial charge in [-0.15, -0.1) is 56.3 Å². The predicted molar refractivity (Wildman–Crippen MR) is 578 cm³/mol. The lowest BCUT2D eigenvalue weighted by molar-refractivity contribution is 1.50. The standard InChI is InChI=1S/C6H2.C5H4.C4H6.C3H4.26C2H6.C2H2.20CH4.B4.B3.B2.B/c1-3-5-6-4-2;1-3-5-4-2;1-3-4-2;1-3-2;27*1-2;;;;;;;;;;;;;;;;;;;;;1-4(2)3;1-3-2;1-2;/h1-2H;1H,2H3;1-2H3;1H,2H3;26*1-2H3;1-2H;20*1H4;;;;. The summed E-state index contributed by atoms with van der Waals surface area (Å²) >= 11 is 0. The second-order valence-electron chi connectivity index (χ2n) is 2.62. The average Bonchev–Trinajstić information content (AvgIpc) is 3.63. The molecule has 0 aromatic carbocycles. The third-order valence-electron chi connectivity index (χ3n) is 0.654. The quantitative estimate of drug-likeness (QED) is 0.168. The Hall–Kier alpha value is -2.87. The van der Waals surface area contributed by atoms with Crippen LogP contribution in [0.5, 0.6) is 0 Å². The number of rotatable bonds is 0. The van der Waals surface area contributed by atoms with Crippen LogP contribution in [0.2, 0.25) is 0 Å². The minimum atomic E-state index is -0.667. The Bertz CT molecular complexity index is 612. The van der Waals surface area contributed by atoms with Crippen LogP contribution in [0.3, 0.4) is 0 Å². The van der Waals surface area contributed by atoms with Gasteiger partial charge in [0.2, 0.25) is 0 Å². The smallest absolute Gasteiger partial charge is 0 e. The Balaban J connectivity index is -0.00000000421. The molecule has 0 saturated heterocycles. The first kappa shape index (κ1) is 490. The van der Waals surface area contributed by atoms with E-state index < -0.39 is 6.39 Å². The van der Waals surface area contributed by atoms with Crippen LogP contribution in [0.15, 0.2) is 0 Å². The van der Waals surface area contributed by atoms with Gasteiger partial charge in [-0.05, 0) is 63.2 Å². The van der Waals surface area contributed by atoms with E-state index in [-0.39, 0.29) is 157 Å². The summed E-state index contributed by atoms with van der Waals surface area (Å²) in [5.41, 5.74) is 0. The van der Waals surface area contributed by atoms with E-state index in [1.165, 1.54) is 0 Å². The summed E-state index contributed by atoms with van der Waals surface area (Å²) in [7, 11) is 32.0. The average molecular weight is 1470 g/mol. The van der Waals surface area contributed by atoms with Gasteiger partial charge in [-0.3, -0.25) is 0 Å². The summed E-state index contributed by atoms with van der Waals surface area (Å²) in [6.07, 6.45) is 26.0. The molecule has 0 aliphatic heterocycles. The van der Waals surface area contributed by atoms with Gasteiger partial charge in [0.05, 0.1) is 0 Å². The van der Waals surface area contributed by atoms with Crippen LogP contribution in [0.25, 0.3) is 0 Å². The fourth-order valence-electron chi connectivity index (χ4n) is 0.144. The normalized spacial score (nSPS) is 2.49. The van der Waals surface area contributed by atoms with E-state index in [0.29, 0.717) is 0 Å². The van der Waals surface area contributed by atoms with Gasteiger partial charge in [-0.1, -0.05) is 514 Å². The van der Waals surface area contributed by atoms with Crippen molar-refractivity contribution in [2.75, 3.05) is 0 Å². The van der Waals surface area contributed by atoms with Crippen molar-refractivity contribution in [2.45, 2.75) is 536 Å². The first-order chi connectivity index (χ1) is 39.8. The van der Waals surface area contributed by atoms with Crippen molar-refractivity contribution in [3.8, 4) is 97.7 Å². The van der Waals surface area contributed by atoms with Gasteiger partial charge >= 0.3 is 0 Å². The van der Waals surface area contributed by atoms with Crippen LogP contribution in [-0.4, -0.2) is 76.0 Å². The summed E-state index contributed by atoms with van der Waals surface area (Å²) in [5.74, 6) is 23.3. The van der Waals surface area contributed by atoms with Gasteiger partial charge in [0.25, 0.3) is 0 Å². The highest BCUT2D eigenvalue weighted by Gasteiger charge is 1.73. The largest absolute Gasteiger partial charge is 0.124 e. The van der Waals surface area contributed by atoms with Crippen LogP contribution in [0.4, 0.5) is 0 Å². The summed E-state index contributed by atoms with van der Waals surface area (Å²) in [6, 6.07) is 0. The maximum Gasteiger partial charge on any atom is 0 e. The molecule has 0 spiro atoms. The van der Waals surface area contributed by atoms with Crippen molar-refractivity contribution in [1.82, 2.24) is 0 Å². The minimum absolute atomic E-state index is 0. The van der Waals surface area contributed by atoms with E-state index in [4.69, 9.17) is 19.3 Å². The minimum Gasteiger partial charge on any atom is -0.124 e. The van der Waals surface area contributed by atoms with E-state index in [0.717, 1.165) is 7.06 Å². The molecular weight excluding hydrogens is 1210 g/mol. The molecule has 0 nitrogen and oxygen atoms in total. The molecule has 102 heavy (non-hydrogen) atoms. The van der Waals surface area contributed by atoms with Crippen LogP contribution in [0, 0.1) is 97.7 Å². The molecule has 0 bridgehead atoms. The summed E-state index contributed by atoms with van der Waals surface area (Å²) in [4.78, 5) is 0. The van der Waals surface area contributed by atoms with Crippen LogP contribution >= 0.6 is 0 Å². The Morgan fingerprint density at radius 3 is 0.265 bits per heavy atom. The number of terminal acetylenes is 5. The van der Waals surface area contributed by atoms with Gasteiger partial charge < -0.3 is 0 Å². The van der Waals surface area contributed by atoms with Crippen molar-refractivity contribution in [3.63, 3.8) is 0 Å². The highest BCUT2D eigenvalue weighted by atomic mass is 13.4. The fourth-order valence-corrected chi connectivity index (χ4v) is 0.144. The van der Waals surface area contributed by atoms with E-state index >= 15 is 0 Å². The van der Waals surface area contributed by atoms with Gasteiger partial charge in [0, 0.05) is 76.0 Å². The Morgan fingerprint density at radius 2 is 0.255 bits per heavy atom. The first-order valence-corrected chi connectivity index (χ1v) is 33.0. The van der Waals surface area contributed by atoms with Crippen molar-refractivity contribution in [3.05, 3.63) is 0 Å². The van der Waals surface area contributed by atoms with Crippen LogP contribution in [0.1, 0.15) is 536 Å². The molecule has 652 valence electrons. The summed E-state index contributed by atoms with van der Waals surface area (Å²) in [5, 5.41) is 0. The highest BCUT2D eigenvalue weighted by Crippen LogP contribution is 1.43. The van der Waals surface area contributed by atoms with E-state index in [9.17, 15) is 0 Å². The molecule has 0 aliphatic rings. The van der Waals surface area contributed by atoms with Crippen molar-refractivity contribution < 1.29 is 0 Å². The maximum atomic E-state index is 4.72. The SMILES string of the molecule is C.C.C.C.C.C.C.C.C.C.C.C.C.C.C.C.C.C.C.C.C#C.C#CC.C#CC#CC.C#CC#CC#C.CC.CC.CC.CC.CC.CC.CC.CC.CC.CC.CC.CC.CC.CC.CC.CC.CC.CC.CC.CC.CC.CC.CC.CC.CC.CC.CC#CC.[B].[B]B([B])[B].[B][B].[B][B][B]. The van der Waals surface area contributed by atoms with Gasteiger partial charge in [-0.2, -0.15) is 0 Å². The van der Waals surface area contributed by atoms with Crippen LogP contribution in [-0.2, 0) is 0 Å². The first-order valence-electron chi connectivity index (χ1n) is 33.0. The molecule has 0 atom stereocenters. The van der Waals surface area contributed by atoms with Gasteiger partial charge in [0.15, 0.2) is 0 Å². The van der Waals surface area contributed by atoms with Crippen molar-refractivity contribution >= 4 is 76.0 Å². The van der Waals surface area contributed by atoms with E-state index in [2.05, 4.69) is 133 Å². The van der Waals surface area contributed by atoms with E-state index in [1.807, 2.05) is 374 Å². The molecule has 10 heteroatoms. The van der Waals surface area contributed by atoms with Gasteiger partial charge in [0.1, 0.15) is 0 Å². The monoisotopic (exact) mass is 1470 g/mol. The molecule has 0 saturated carbocycles. The Labute approximate surface area is 705 Å². The molecule has 0 aromatic rings. The molecule has 0 N–H and O–H groups in total. The third-order valence-corrected chi connectivity index (χ3v) is 0.654.